The summed E-state index contributed by atoms with van der Waals surface area (Å²) in [5, 5.41) is 2.55. The molecule has 0 atom stereocenters. The molecular weight excluding hydrogens is 356 g/mol. The summed E-state index contributed by atoms with van der Waals surface area (Å²) in [5.74, 6) is 0.816. The third kappa shape index (κ3) is 3.64. The van der Waals surface area contributed by atoms with Crippen LogP contribution in [0.4, 0.5) is 10.6 Å². The van der Waals surface area contributed by atoms with Crippen molar-refractivity contribution in [2.45, 2.75) is 25.7 Å². The number of aromatic amines is 1. The van der Waals surface area contributed by atoms with Gasteiger partial charge < -0.3 is 9.72 Å². The predicted octanol–water partition coefficient (Wildman–Crippen LogP) is 3.86. The van der Waals surface area contributed by atoms with Gasteiger partial charge in [0.15, 0.2) is 0 Å². The quantitative estimate of drug-likeness (QED) is 0.721. The molecule has 0 aliphatic heterocycles. The number of aromatic nitrogens is 3. The van der Waals surface area contributed by atoms with E-state index >= 15 is 0 Å². The summed E-state index contributed by atoms with van der Waals surface area (Å²) in [6, 6.07) is 9.08. The Balaban J connectivity index is 1.79. The van der Waals surface area contributed by atoms with E-state index in [9.17, 15) is 9.59 Å². The molecule has 2 N–H and O–H groups in total. The fraction of sp³-hybridized carbons (Fsp3) is 0.238. The number of nitrogens with zero attached hydrogens (tertiary/aromatic N) is 2. The first-order valence-electron chi connectivity index (χ1n) is 9.07. The number of hydrogen-bond donors (Lipinski definition) is 2. The molecule has 3 aromatic rings. The maximum absolute atomic E-state index is 12.4. The minimum atomic E-state index is -0.599. The van der Waals surface area contributed by atoms with E-state index in [1.165, 1.54) is 7.11 Å². The molecule has 28 heavy (non-hydrogen) atoms. The zero-order valence-corrected chi connectivity index (χ0v) is 15.7. The molecule has 1 aliphatic rings. The number of carbonyl (C=O) groups is 1. The van der Waals surface area contributed by atoms with Crippen molar-refractivity contribution in [2.75, 3.05) is 12.4 Å². The number of nitrogens with one attached hydrogen (secondary N) is 2. The monoisotopic (exact) mass is 376 g/mol. The molecule has 0 bridgehead atoms. The number of rotatable bonds is 4. The summed E-state index contributed by atoms with van der Waals surface area (Å²) in [6.07, 6.45) is 5.09. The molecule has 7 nitrogen and oxygen atoms in total. The molecule has 1 amide bonds. The Morgan fingerprint density at radius 3 is 2.79 bits per heavy atom. The van der Waals surface area contributed by atoms with Crippen molar-refractivity contribution in [3.63, 3.8) is 0 Å². The molecular formula is C21H20N4O3. The first kappa shape index (κ1) is 17.9. The maximum Gasteiger partial charge on any atom is 0.412 e. The molecule has 142 valence electrons. The lowest BCUT2D eigenvalue weighted by atomic mass is 9.99. The summed E-state index contributed by atoms with van der Waals surface area (Å²) in [4.78, 5) is 35.5. The van der Waals surface area contributed by atoms with Gasteiger partial charge >= 0.3 is 6.09 Å². The van der Waals surface area contributed by atoms with Crippen molar-refractivity contribution < 1.29 is 9.53 Å². The number of carbonyl (C=O) groups excluding carboxylic acids is 1. The van der Waals surface area contributed by atoms with Crippen molar-refractivity contribution in [1.29, 1.82) is 0 Å². The first-order valence-corrected chi connectivity index (χ1v) is 9.07. The summed E-state index contributed by atoms with van der Waals surface area (Å²) in [5.41, 5.74) is 4.95. The van der Waals surface area contributed by atoms with Gasteiger partial charge in [0.1, 0.15) is 5.82 Å². The maximum atomic E-state index is 12.4. The van der Waals surface area contributed by atoms with Crippen LogP contribution in [-0.2, 0) is 4.74 Å². The largest absolute Gasteiger partial charge is 0.453 e. The van der Waals surface area contributed by atoms with E-state index in [1.807, 2.05) is 25.1 Å². The molecule has 1 aliphatic carbocycles. The standard InChI is InChI=1S/C21H20N4O3/c1-12-11-23-18(25-21(27)28-2)10-16(12)14-8-17(24-19(26)9-14)15-4-3-7-22-20(15)13-5-6-13/h3-4,7-11,13H,5-6H2,1-2H3,(H,24,26)(H,23,25,27). The van der Waals surface area contributed by atoms with Crippen LogP contribution in [-0.4, -0.2) is 28.2 Å². The van der Waals surface area contributed by atoms with Crippen LogP contribution in [0.5, 0.6) is 0 Å². The zero-order chi connectivity index (χ0) is 19.7. The van der Waals surface area contributed by atoms with E-state index in [0.29, 0.717) is 11.7 Å². The molecule has 3 aromatic heterocycles. The second kappa shape index (κ2) is 7.26. The highest BCUT2D eigenvalue weighted by Crippen LogP contribution is 2.43. The highest BCUT2D eigenvalue weighted by Gasteiger charge is 2.28. The van der Waals surface area contributed by atoms with Gasteiger partial charge in [-0.15, -0.1) is 0 Å². The number of amides is 1. The van der Waals surface area contributed by atoms with Crippen LogP contribution in [0.3, 0.4) is 0 Å². The predicted molar refractivity (Wildman–Crippen MR) is 106 cm³/mol. The lowest BCUT2D eigenvalue weighted by Gasteiger charge is -2.12. The smallest absolute Gasteiger partial charge is 0.412 e. The Bertz CT molecular complexity index is 1100. The molecule has 0 radical (unpaired) electrons. The van der Waals surface area contributed by atoms with E-state index in [-0.39, 0.29) is 5.56 Å². The minimum absolute atomic E-state index is 0.197. The van der Waals surface area contributed by atoms with Gasteiger partial charge in [-0.05, 0) is 60.7 Å². The molecule has 0 saturated heterocycles. The van der Waals surface area contributed by atoms with Gasteiger partial charge in [0.05, 0.1) is 18.5 Å². The van der Waals surface area contributed by atoms with Crippen LogP contribution in [0.25, 0.3) is 22.4 Å². The molecule has 1 fully saturated rings. The van der Waals surface area contributed by atoms with Crippen molar-refractivity contribution in [3.05, 3.63) is 64.3 Å². The van der Waals surface area contributed by atoms with Crippen LogP contribution in [0.15, 0.2) is 47.5 Å². The lowest BCUT2D eigenvalue weighted by Crippen LogP contribution is -2.12. The average Bonchev–Trinajstić information content (AvgIpc) is 3.54. The van der Waals surface area contributed by atoms with Gasteiger partial charge in [-0.25, -0.2) is 9.78 Å². The van der Waals surface area contributed by atoms with Crippen molar-refractivity contribution in [3.8, 4) is 22.4 Å². The van der Waals surface area contributed by atoms with E-state index in [1.54, 1.807) is 24.5 Å². The van der Waals surface area contributed by atoms with Crippen LogP contribution >= 0.6 is 0 Å². The van der Waals surface area contributed by atoms with Crippen LogP contribution in [0.1, 0.15) is 30.0 Å². The van der Waals surface area contributed by atoms with E-state index in [0.717, 1.165) is 46.5 Å². The van der Waals surface area contributed by atoms with Crippen molar-refractivity contribution >= 4 is 11.9 Å². The van der Waals surface area contributed by atoms with Crippen molar-refractivity contribution in [1.82, 2.24) is 15.0 Å². The topological polar surface area (TPSA) is 97.0 Å². The summed E-state index contributed by atoms with van der Waals surface area (Å²) >= 11 is 0. The third-order valence-corrected chi connectivity index (χ3v) is 4.77. The van der Waals surface area contributed by atoms with Gasteiger partial charge in [0.2, 0.25) is 5.56 Å². The number of pyridine rings is 3. The van der Waals surface area contributed by atoms with Crippen LogP contribution in [0.2, 0.25) is 0 Å². The number of aryl methyl sites for hydroxylation is 1. The fourth-order valence-electron chi connectivity index (χ4n) is 3.23. The Morgan fingerprint density at radius 1 is 1.21 bits per heavy atom. The summed E-state index contributed by atoms with van der Waals surface area (Å²) < 4.78 is 4.62. The SMILES string of the molecule is COC(=O)Nc1cc(-c2cc(-c3cccnc3C3CC3)[nH]c(=O)c2)c(C)cn1. The molecule has 7 heteroatoms. The van der Waals surface area contributed by atoms with Gasteiger partial charge in [-0.3, -0.25) is 15.1 Å². The first-order chi connectivity index (χ1) is 13.5. The normalized spacial score (nSPS) is 13.2. The van der Waals surface area contributed by atoms with Gasteiger partial charge in [0, 0.05) is 29.9 Å². The Kier molecular flexibility index (Phi) is 4.65. The fourth-order valence-corrected chi connectivity index (χ4v) is 3.23. The van der Waals surface area contributed by atoms with E-state index in [4.69, 9.17) is 0 Å². The summed E-state index contributed by atoms with van der Waals surface area (Å²) in [7, 11) is 1.29. The molecule has 0 aromatic carbocycles. The molecule has 1 saturated carbocycles. The zero-order valence-electron chi connectivity index (χ0n) is 15.7. The summed E-state index contributed by atoms with van der Waals surface area (Å²) in [6.45, 7) is 1.91. The third-order valence-electron chi connectivity index (χ3n) is 4.77. The molecule has 4 rings (SSSR count). The number of H-pyrrole nitrogens is 1. The van der Waals surface area contributed by atoms with E-state index in [2.05, 4.69) is 25.0 Å². The highest BCUT2D eigenvalue weighted by molar-refractivity contribution is 5.85. The van der Waals surface area contributed by atoms with Crippen molar-refractivity contribution in [2.24, 2.45) is 0 Å². The second-order valence-corrected chi connectivity index (χ2v) is 6.86. The number of anilines is 1. The molecule has 0 spiro atoms. The Morgan fingerprint density at radius 2 is 2.04 bits per heavy atom. The van der Waals surface area contributed by atoms with Gasteiger partial charge in [-0.1, -0.05) is 0 Å². The van der Waals surface area contributed by atoms with E-state index < -0.39 is 6.09 Å². The number of hydrogen-bond acceptors (Lipinski definition) is 5. The molecule has 0 unspecified atom stereocenters. The van der Waals surface area contributed by atoms with Crippen LogP contribution in [0, 0.1) is 6.92 Å². The highest BCUT2D eigenvalue weighted by atomic mass is 16.5. The van der Waals surface area contributed by atoms with Gasteiger partial charge in [0.25, 0.3) is 0 Å². The van der Waals surface area contributed by atoms with Gasteiger partial charge in [-0.2, -0.15) is 0 Å². The van der Waals surface area contributed by atoms with Crippen LogP contribution < -0.4 is 10.9 Å². The minimum Gasteiger partial charge on any atom is -0.453 e. The Labute approximate surface area is 161 Å². The average molecular weight is 376 g/mol. The molecule has 3 heterocycles. The number of ether oxygens (including phenoxy) is 1. The number of methoxy groups -OCH3 is 1. The Hall–Kier alpha value is -3.48. The second-order valence-electron chi connectivity index (χ2n) is 6.86. The lowest BCUT2D eigenvalue weighted by molar-refractivity contribution is 0.187.